The van der Waals surface area contributed by atoms with Crippen molar-refractivity contribution in [3.8, 4) is 5.82 Å². The Balaban J connectivity index is 1.80. The van der Waals surface area contributed by atoms with E-state index >= 15 is 0 Å². The molecule has 3 rings (SSSR count). The first-order valence-corrected chi connectivity index (χ1v) is 11.7. The molecule has 0 unspecified atom stereocenters. The smallest absolute Gasteiger partial charge is 0.185 e. The van der Waals surface area contributed by atoms with Crippen molar-refractivity contribution in [3.05, 3.63) is 42.6 Å². The van der Waals surface area contributed by atoms with Gasteiger partial charge in [-0.15, -0.1) is 0 Å². The van der Waals surface area contributed by atoms with Crippen molar-refractivity contribution in [2.45, 2.75) is 32.4 Å². The maximum atomic E-state index is 11.1. The highest BCUT2D eigenvalue weighted by Crippen LogP contribution is 2.17. The van der Waals surface area contributed by atoms with Gasteiger partial charge in [0.15, 0.2) is 12.1 Å². The highest BCUT2D eigenvalue weighted by Gasteiger charge is 2.12. The molecule has 0 aliphatic carbocycles. The lowest BCUT2D eigenvalue weighted by Crippen LogP contribution is -2.22. The van der Waals surface area contributed by atoms with Crippen LogP contribution in [0.1, 0.15) is 10.6 Å². The fourth-order valence-electron chi connectivity index (χ4n) is 2.43. The Kier molecular flexibility index (Phi) is 4.63. The van der Waals surface area contributed by atoms with E-state index in [1.54, 1.807) is 17.0 Å². The monoisotopic (exact) mass is 342 g/mol. The SMILES string of the molecule is C[Si](C)(C)CCOCn1ccc2ccc(-n3ccnc3C=O)nc21. The second kappa shape index (κ2) is 6.70. The summed E-state index contributed by atoms with van der Waals surface area (Å²) in [5.41, 5.74) is 0.839. The number of rotatable bonds is 7. The van der Waals surface area contributed by atoms with Crippen LogP contribution in [-0.4, -0.2) is 40.1 Å². The van der Waals surface area contributed by atoms with E-state index in [4.69, 9.17) is 4.74 Å². The number of ether oxygens (including phenoxy) is 1. The number of hydrogen-bond acceptors (Lipinski definition) is 4. The van der Waals surface area contributed by atoms with Crippen molar-refractivity contribution < 1.29 is 9.53 Å². The maximum Gasteiger partial charge on any atom is 0.185 e. The van der Waals surface area contributed by atoms with Crippen molar-refractivity contribution in [2.75, 3.05) is 6.61 Å². The van der Waals surface area contributed by atoms with E-state index in [9.17, 15) is 4.79 Å². The first kappa shape index (κ1) is 16.6. The minimum absolute atomic E-state index is 0.339. The lowest BCUT2D eigenvalue weighted by atomic mass is 10.3. The predicted molar refractivity (Wildman–Crippen MR) is 96.3 cm³/mol. The van der Waals surface area contributed by atoms with Crippen molar-refractivity contribution in [2.24, 2.45) is 0 Å². The summed E-state index contributed by atoms with van der Waals surface area (Å²) in [6.45, 7) is 8.27. The lowest BCUT2D eigenvalue weighted by Gasteiger charge is -2.15. The molecule has 0 radical (unpaired) electrons. The van der Waals surface area contributed by atoms with Gasteiger partial charge >= 0.3 is 0 Å². The van der Waals surface area contributed by atoms with Gasteiger partial charge < -0.3 is 9.30 Å². The first-order chi connectivity index (χ1) is 11.5. The standard InChI is InChI=1S/C17H22N4O2Si/c1-24(2,3)11-10-23-13-20-8-6-14-4-5-15(19-17(14)20)21-9-7-18-16(21)12-22/h4-9,12H,10-11,13H2,1-3H3. The van der Waals surface area contributed by atoms with E-state index in [1.165, 1.54) is 0 Å². The van der Waals surface area contributed by atoms with Crippen molar-refractivity contribution in [1.29, 1.82) is 0 Å². The van der Waals surface area contributed by atoms with Crippen molar-refractivity contribution >= 4 is 25.4 Å². The predicted octanol–water partition coefficient (Wildman–Crippen LogP) is 3.35. The summed E-state index contributed by atoms with van der Waals surface area (Å²) in [4.78, 5) is 19.7. The van der Waals surface area contributed by atoms with Gasteiger partial charge in [-0.1, -0.05) is 19.6 Å². The average molecular weight is 342 g/mol. The lowest BCUT2D eigenvalue weighted by molar-refractivity contribution is 0.0899. The van der Waals surface area contributed by atoms with Gasteiger partial charge in [0.05, 0.1) is 0 Å². The Morgan fingerprint density at radius 2 is 2.04 bits per heavy atom. The van der Waals surface area contributed by atoms with Crippen LogP contribution in [-0.2, 0) is 11.5 Å². The zero-order chi connectivity index (χ0) is 17.2. The number of carbonyl (C=O) groups excluding carboxylic acids is 1. The molecule has 24 heavy (non-hydrogen) atoms. The van der Waals surface area contributed by atoms with Gasteiger partial charge in [0.1, 0.15) is 18.2 Å². The fourth-order valence-corrected chi connectivity index (χ4v) is 3.18. The van der Waals surface area contributed by atoms with Gasteiger partial charge in [-0.25, -0.2) is 9.97 Å². The molecule has 0 fully saturated rings. The molecule has 0 saturated heterocycles. The van der Waals surface area contributed by atoms with Crippen LogP contribution in [0.25, 0.3) is 16.9 Å². The molecule has 0 saturated carbocycles. The van der Waals surface area contributed by atoms with Crippen molar-refractivity contribution in [1.82, 2.24) is 19.1 Å². The molecule has 0 aromatic carbocycles. The van der Waals surface area contributed by atoms with Crippen LogP contribution >= 0.6 is 0 Å². The number of carbonyl (C=O) groups is 1. The topological polar surface area (TPSA) is 61.9 Å². The van der Waals surface area contributed by atoms with Crippen LogP contribution in [0.2, 0.25) is 25.7 Å². The Morgan fingerprint density at radius 3 is 2.79 bits per heavy atom. The fraction of sp³-hybridized carbons (Fsp3) is 0.353. The van der Waals surface area contributed by atoms with Crippen LogP contribution in [0, 0.1) is 0 Å². The van der Waals surface area contributed by atoms with Gasteiger partial charge in [-0.2, -0.15) is 0 Å². The number of fused-ring (bicyclic) bond motifs is 1. The van der Waals surface area contributed by atoms with E-state index in [-0.39, 0.29) is 0 Å². The molecule has 3 heterocycles. The summed E-state index contributed by atoms with van der Waals surface area (Å²) in [6.07, 6.45) is 6.03. The molecule has 7 heteroatoms. The van der Waals surface area contributed by atoms with E-state index in [2.05, 4.69) is 29.6 Å². The highest BCUT2D eigenvalue weighted by molar-refractivity contribution is 6.76. The number of nitrogens with zero attached hydrogens (tertiary/aromatic N) is 4. The van der Waals surface area contributed by atoms with Gasteiger partial charge in [0.2, 0.25) is 0 Å². The van der Waals surface area contributed by atoms with Gasteiger partial charge in [-0.05, 0) is 24.2 Å². The highest BCUT2D eigenvalue weighted by atomic mass is 28.3. The Morgan fingerprint density at radius 1 is 1.21 bits per heavy atom. The molecule has 6 nitrogen and oxygen atoms in total. The van der Waals surface area contributed by atoms with Crippen LogP contribution in [0.3, 0.4) is 0 Å². The molecule has 3 aromatic rings. The number of imidazole rings is 1. The van der Waals surface area contributed by atoms with E-state index in [0.29, 0.717) is 18.4 Å². The number of hydrogen-bond donors (Lipinski definition) is 0. The molecular weight excluding hydrogens is 320 g/mol. The molecule has 0 aliphatic rings. The average Bonchev–Trinajstić information content (AvgIpc) is 3.16. The third-order valence-corrected chi connectivity index (χ3v) is 5.55. The first-order valence-electron chi connectivity index (χ1n) is 8.00. The maximum absolute atomic E-state index is 11.1. The zero-order valence-corrected chi connectivity index (χ0v) is 15.3. The molecular formula is C17H22N4O2Si. The summed E-state index contributed by atoms with van der Waals surface area (Å²) in [5.74, 6) is 1.01. The number of pyridine rings is 1. The van der Waals surface area contributed by atoms with E-state index in [0.717, 1.165) is 30.0 Å². The second-order valence-electron chi connectivity index (χ2n) is 6.99. The third kappa shape index (κ3) is 3.63. The number of aromatic nitrogens is 4. The normalized spacial score (nSPS) is 12.0. The molecule has 0 N–H and O–H groups in total. The summed E-state index contributed by atoms with van der Waals surface area (Å²) in [5, 5.41) is 1.04. The molecule has 0 bridgehead atoms. The Labute approximate surface area is 142 Å². The van der Waals surface area contributed by atoms with Crippen LogP contribution < -0.4 is 0 Å². The van der Waals surface area contributed by atoms with Gasteiger partial charge in [0.25, 0.3) is 0 Å². The summed E-state index contributed by atoms with van der Waals surface area (Å²) >= 11 is 0. The minimum Gasteiger partial charge on any atom is -0.361 e. The van der Waals surface area contributed by atoms with Gasteiger partial charge in [0, 0.05) is 38.7 Å². The molecule has 0 aliphatic heterocycles. The molecule has 126 valence electrons. The Hall–Kier alpha value is -2.25. The Bertz CT molecular complexity index is 848. The molecule has 0 atom stereocenters. The van der Waals surface area contributed by atoms with Gasteiger partial charge in [-0.3, -0.25) is 9.36 Å². The van der Waals surface area contributed by atoms with Crippen molar-refractivity contribution in [3.63, 3.8) is 0 Å². The summed E-state index contributed by atoms with van der Waals surface area (Å²) < 4.78 is 9.48. The zero-order valence-electron chi connectivity index (χ0n) is 14.3. The summed E-state index contributed by atoms with van der Waals surface area (Å²) in [6, 6.07) is 7.03. The largest absolute Gasteiger partial charge is 0.361 e. The van der Waals surface area contributed by atoms with E-state index in [1.807, 2.05) is 29.0 Å². The molecule has 0 amide bonds. The van der Waals surface area contributed by atoms with Crippen LogP contribution in [0.15, 0.2) is 36.8 Å². The third-order valence-electron chi connectivity index (χ3n) is 3.85. The van der Waals surface area contributed by atoms with Crippen LogP contribution in [0.4, 0.5) is 0 Å². The number of aldehydes is 1. The molecule has 0 spiro atoms. The van der Waals surface area contributed by atoms with Crippen LogP contribution in [0.5, 0.6) is 0 Å². The molecule has 3 aromatic heterocycles. The quantitative estimate of drug-likeness (QED) is 0.375. The summed E-state index contributed by atoms with van der Waals surface area (Å²) in [7, 11) is -1.08. The minimum atomic E-state index is -1.08. The van der Waals surface area contributed by atoms with E-state index < -0.39 is 8.07 Å². The second-order valence-corrected chi connectivity index (χ2v) is 12.6.